The first kappa shape index (κ1) is 24.0. The summed E-state index contributed by atoms with van der Waals surface area (Å²) in [6.07, 6.45) is 1.04. The van der Waals surface area contributed by atoms with Crippen LogP contribution in [0.2, 0.25) is 0 Å². The second kappa shape index (κ2) is 11.8. The third-order valence-electron chi connectivity index (χ3n) is 4.62. The maximum atomic E-state index is 12.5. The van der Waals surface area contributed by atoms with Gasteiger partial charge in [-0.1, -0.05) is 11.3 Å². The van der Waals surface area contributed by atoms with Gasteiger partial charge in [0.25, 0.3) is 5.69 Å². The van der Waals surface area contributed by atoms with Gasteiger partial charge in [-0.15, -0.1) is 11.8 Å². The van der Waals surface area contributed by atoms with E-state index in [4.69, 9.17) is 9.47 Å². The van der Waals surface area contributed by atoms with Gasteiger partial charge >= 0.3 is 0 Å². The lowest BCUT2D eigenvalue weighted by molar-refractivity contribution is -0.384. The van der Waals surface area contributed by atoms with Crippen LogP contribution in [-0.2, 0) is 16.1 Å². The van der Waals surface area contributed by atoms with Crippen molar-refractivity contribution in [3.05, 3.63) is 57.4 Å². The maximum Gasteiger partial charge on any atom is 0.271 e. The minimum atomic E-state index is -0.424. The summed E-state index contributed by atoms with van der Waals surface area (Å²) in [7, 11) is 1.63. The van der Waals surface area contributed by atoms with Crippen molar-refractivity contribution in [1.82, 2.24) is 4.57 Å². The smallest absolute Gasteiger partial charge is 0.271 e. The molecular weight excluding hydrogens is 450 g/mol. The summed E-state index contributed by atoms with van der Waals surface area (Å²) >= 11 is 3.03. The Bertz CT molecular complexity index is 1140. The number of methoxy groups -OCH3 is 1. The van der Waals surface area contributed by atoms with Crippen molar-refractivity contribution in [3.63, 3.8) is 0 Å². The molecule has 0 N–H and O–H groups in total. The van der Waals surface area contributed by atoms with Crippen molar-refractivity contribution in [1.29, 1.82) is 0 Å². The molecule has 3 aromatic rings. The Morgan fingerprint density at radius 1 is 1.25 bits per heavy atom. The van der Waals surface area contributed by atoms with Gasteiger partial charge in [-0.05, 0) is 49.4 Å². The number of rotatable bonds is 11. The molecule has 0 atom stereocenters. The summed E-state index contributed by atoms with van der Waals surface area (Å²) in [4.78, 5) is 29.2. The van der Waals surface area contributed by atoms with Crippen LogP contribution in [-0.4, -0.2) is 41.5 Å². The van der Waals surface area contributed by atoms with Gasteiger partial charge in [0.2, 0.25) is 5.91 Å². The van der Waals surface area contributed by atoms with Crippen molar-refractivity contribution in [3.8, 4) is 5.75 Å². The third kappa shape index (κ3) is 6.41. The number of benzene rings is 2. The fraction of sp³-hybridized carbons (Fsp3) is 0.364. The molecule has 1 heterocycles. The van der Waals surface area contributed by atoms with E-state index in [-0.39, 0.29) is 11.6 Å². The SMILES string of the molecule is CCOCCn1c(=NC(=O)CCCSc2ccc(OC)cc2)sc2ccc([N+](=O)[O-])cc21. The van der Waals surface area contributed by atoms with E-state index in [0.29, 0.717) is 42.9 Å². The van der Waals surface area contributed by atoms with E-state index in [2.05, 4.69) is 4.99 Å². The molecule has 10 heteroatoms. The summed E-state index contributed by atoms with van der Waals surface area (Å²) in [6, 6.07) is 12.5. The van der Waals surface area contributed by atoms with Gasteiger partial charge in [0.15, 0.2) is 4.80 Å². The molecule has 0 spiro atoms. The second-order valence-corrected chi connectivity index (χ2v) is 8.95. The lowest BCUT2D eigenvalue weighted by Crippen LogP contribution is -2.19. The van der Waals surface area contributed by atoms with Crippen LogP contribution in [0.15, 0.2) is 52.4 Å². The number of fused-ring (bicyclic) bond motifs is 1. The van der Waals surface area contributed by atoms with Crippen LogP contribution in [0.1, 0.15) is 19.8 Å². The fourth-order valence-electron chi connectivity index (χ4n) is 3.02. The number of nitro benzene ring substituents is 1. The van der Waals surface area contributed by atoms with Crippen LogP contribution in [0.5, 0.6) is 5.75 Å². The number of hydrogen-bond donors (Lipinski definition) is 0. The van der Waals surface area contributed by atoms with Gasteiger partial charge in [0, 0.05) is 36.6 Å². The molecule has 0 aliphatic carbocycles. The molecule has 170 valence electrons. The van der Waals surface area contributed by atoms with E-state index in [9.17, 15) is 14.9 Å². The molecule has 1 amide bonds. The molecule has 0 saturated carbocycles. The minimum absolute atomic E-state index is 0.00823. The number of ether oxygens (including phenoxy) is 2. The van der Waals surface area contributed by atoms with Gasteiger partial charge in [-0.25, -0.2) is 0 Å². The van der Waals surface area contributed by atoms with Crippen LogP contribution >= 0.6 is 23.1 Å². The molecule has 32 heavy (non-hydrogen) atoms. The number of aromatic nitrogens is 1. The highest BCUT2D eigenvalue weighted by molar-refractivity contribution is 7.99. The average molecular weight is 476 g/mol. The molecule has 3 rings (SSSR count). The van der Waals surface area contributed by atoms with E-state index in [1.807, 2.05) is 35.8 Å². The Kier molecular flexibility index (Phi) is 8.83. The minimum Gasteiger partial charge on any atom is -0.497 e. The van der Waals surface area contributed by atoms with Crippen molar-refractivity contribution < 1.29 is 19.2 Å². The molecule has 0 unspecified atom stereocenters. The molecule has 8 nitrogen and oxygen atoms in total. The first-order valence-electron chi connectivity index (χ1n) is 10.2. The van der Waals surface area contributed by atoms with Crippen molar-refractivity contribution in [2.45, 2.75) is 31.2 Å². The van der Waals surface area contributed by atoms with E-state index < -0.39 is 4.92 Å². The quantitative estimate of drug-likeness (QED) is 0.173. The van der Waals surface area contributed by atoms with Crippen LogP contribution in [0.4, 0.5) is 5.69 Å². The first-order valence-corrected chi connectivity index (χ1v) is 12.0. The van der Waals surface area contributed by atoms with E-state index in [1.165, 1.54) is 23.5 Å². The average Bonchev–Trinajstić information content (AvgIpc) is 3.13. The van der Waals surface area contributed by atoms with Gasteiger partial charge in [-0.2, -0.15) is 4.99 Å². The van der Waals surface area contributed by atoms with Crippen molar-refractivity contribution >= 4 is 44.9 Å². The summed E-state index contributed by atoms with van der Waals surface area (Å²) in [5.74, 6) is 1.41. The Balaban J connectivity index is 1.69. The molecule has 0 aliphatic heterocycles. The summed E-state index contributed by atoms with van der Waals surface area (Å²) in [6.45, 7) is 3.37. The third-order valence-corrected chi connectivity index (χ3v) is 6.78. The molecule has 0 bridgehead atoms. The molecule has 0 fully saturated rings. The summed E-state index contributed by atoms with van der Waals surface area (Å²) < 4.78 is 13.3. The molecule has 0 aliphatic rings. The zero-order valence-corrected chi connectivity index (χ0v) is 19.6. The van der Waals surface area contributed by atoms with Gasteiger partial charge in [0.05, 0.1) is 28.9 Å². The normalized spacial score (nSPS) is 11.8. The van der Waals surface area contributed by atoms with Crippen LogP contribution in [0.3, 0.4) is 0 Å². The highest BCUT2D eigenvalue weighted by Crippen LogP contribution is 2.24. The Hall–Kier alpha value is -2.69. The van der Waals surface area contributed by atoms with E-state index in [1.54, 1.807) is 24.9 Å². The number of thioether (sulfide) groups is 1. The Morgan fingerprint density at radius 2 is 2.03 bits per heavy atom. The fourth-order valence-corrected chi connectivity index (χ4v) is 4.93. The molecule has 2 aromatic carbocycles. The van der Waals surface area contributed by atoms with Gasteiger partial charge in [-0.3, -0.25) is 14.9 Å². The summed E-state index contributed by atoms with van der Waals surface area (Å²) in [5.41, 5.74) is 0.694. The second-order valence-electron chi connectivity index (χ2n) is 6.78. The number of hydrogen-bond acceptors (Lipinski definition) is 7. The Morgan fingerprint density at radius 3 is 2.72 bits per heavy atom. The van der Waals surface area contributed by atoms with Crippen LogP contribution < -0.4 is 9.54 Å². The predicted octanol–water partition coefficient (Wildman–Crippen LogP) is 4.66. The summed E-state index contributed by atoms with van der Waals surface area (Å²) in [5, 5.41) is 11.2. The van der Waals surface area contributed by atoms with E-state index >= 15 is 0 Å². The topological polar surface area (TPSA) is 96.0 Å². The zero-order valence-electron chi connectivity index (χ0n) is 18.0. The highest BCUT2D eigenvalue weighted by atomic mass is 32.2. The number of amides is 1. The highest BCUT2D eigenvalue weighted by Gasteiger charge is 2.13. The standard InChI is InChI=1S/C22H25N3O5S2/c1-3-30-13-12-24-19-15-16(25(27)28)6-11-20(19)32-22(24)23-21(26)5-4-14-31-18-9-7-17(29-2)8-10-18/h6-11,15H,3-5,12-14H2,1-2H3. The number of non-ortho nitro benzene ring substituents is 1. The van der Waals surface area contributed by atoms with Crippen molar-refractivity contribution in [2.24, 2.45) is 4.99 Å². The number of thiazole rings is 1. The number of nitro groups is 1. The van der Waals surface area contributed by atoms with Crippen molar-refractivity contribution in [2.75, 3.05) is 26.1 Å². The molecular formula is C22H25N3O5S2. The largest absolute Gasteiger partial charge is 0.497 e. The zero-order chi connectivity index (χ0) is 22.9. The van der Waals surface area contributed by atoms with Crippen LogP contribution in [0.25, 0.3) is 10.2 Å². The molecule has 1 aromatic heterocycles. The van der Waals surface area contributed by atoms with Gasteiger partial charge < -0.3 is 14.0 Å². The van der Waals surface area contributed by atoms with E-state index in [0.717, 1.165) is 21.1 Å². The van der Waals surface area contributed by atoms with Crippen LogP contribution in [0, 0.1) is 10.1 Å². The van der Waals surface area contributed by atoms with Gasteiger partial charge in [0.1, 0.15) is 5.75 Å². The lowest BCUT2D eigenvalue weighted by Gasteiger charge is -2.05. The number of carbonyl (C=O) groups excluding carboxylic acids is 1. The maximum absolute atomic E-state index is 12.5. The number of nitrogens with zero attached hydrogens (tertiary/aromatic N) is 3. The molecule has 0 radical (unpaired) electrons. The molecule has 0 saturated heterocycles. The number of carbonyl (C=O) groups is 1. The first-order chi connectivity index (χ1) is 15.5. The predicted molar refractivity (Wildman–Crippen MR) is 126 cm³/mol. The lowest BCUT2D eigenvalue weighted by atomic mass is 10.3. The Labute approximate surface area is 194 Å². The monoisotopic (exact) mass is 475 g/mol.